The maximum atomic E-state index is 6.06. The molecule has 0 unspecified atom stereocenters. The highest BCUT2D eigenvalue weighted by molar-refractivity contribution is 5.43. The van der Waals surface area contributed by atoms with Crippen molar-refractivity contribution in [3.63, 3.8) is 0 Å². The number of nitrogens with two attached hydrogens (primary N) is 1. The lowest BCUT2D eigenvalue weighted by atomic mass is 10.1. The largest absolute Gasteiger partial charge is 0.383 e. The zero-order valence-electron chi connectivity index (χ0n) is 9.71. The van der Waals surface area contributed by atoms with Gasteiger partial charge in [-0.3, -0.25) is 0 Å². The van der Waals surface area contributed by atoms with Crippen LogP contribution in [0.1, 0.15) is 49.2 Å². The molecule has 3 rings (SSSR count). The second kappa shape index (κ2) is 4.04. The van der Waals surface area contributed by atoms with E-state index >= 15 is 0 Å². The molecular formula is C13H19N3. The minimum atomic E-state index is 0.752. The minimum absolute atomic E-state index is 0.752. The van der Waals surface area contributed by atoms with Crippen LogP contribution in [0.3, 0.4) is 0 Å². The summed E-state index contributed by atoms with van der Waals surface area (Å²) >= 11 is 0. The van der Waals surface area contributed by atoms with Gasteiger partial charge in [-0.1, -0.05) is 6.42 Å². The van der Waals surface area contributed by atoms with Crippen molar-refractivity contribution in [2.75, 3.05) is 5.73 Å². The number of rotatable bonds is 2. The molecule has 1 aromatic heterocycles. The van der Waals surface area contributed by atoms with Gasteiger partial charge in [-0.05, 0) is 44.4 Å². The highest BCUT2D eigenvalue weighted by atomic mass is 15.0. The van der Waals surface area contributed by atoms with Crippen LogP contribution in [0.4, 0.5) is 5.82 Å². The van der Waals surface area contributed by atoms with Crippen LogP contribution in [0.25, 0.3) is 0 Å². The van der Waals surface area contributed by atoms with Gasteiger partial charge in [-0.2, -0.15) is 0 Å². The van der Waals surface area contributed by atoms with Crippen molar-refractivity contribution in [1.29, 1.82) is 0 Å². The standard InChI is InChI=1S/C13H19N3/c14-13-10-4-2-1-3-5-11(10)15-12(16-13)8-9-6-7-9/h9H,1-8H2,(H2,14,15,16). The Labute approximate surface area is 96.5 Å². The van der Waals surface area contributed by atoms with E-state index in [0.29, 0.717) is 0 Å². The number of hydrogen-bond donors (Lipinski definition) is 1. The second-order valence-electron chi connectivity index (χ2n) is 5.16. The molecule has 2 aliphatic rings. The van der Waals surface area contributed by atoms with Crippen LogP contribution >= 0.6 is 0 Å². The fraction of sp³-hybridized carbons (Fsp3) is 0.692. The number of aromatic nitrogens is 2. The van der Waals surface area contributed by atoms with E-state index in [1.54, 1.807) is 0 Å². The molecule has 1 fully saturated rings. The van der Waals surface area contributed by atoms with Gasteiger partial charge in [-0.25, -0.2) is 9.97 Å². The number of nitrogens with zero attached hydrogens (tertiary/aromatic N) is 2. The summed E-state index contributed by atoms with van der Waals surface area (Å²) in [6, 6.07) is 0. The van der Waals surface area contributed by atoms with Crippen molar-refractivity contribution in [3.8, 4) is 0 Å². The molecule has 0 aliphatic heterocycles. The SMILES string of the molecule is Nc1nc(CC2CC2)nc2c1CCCCC2. The molecule has 2 N–H and O–H groups in total. The molecule has 2 aliphatic carbocycles. The fourth-order valence-corrected chi connectivity index (χ4v) is 2.52. The molecule has 3 nitrogen and oxygen atoms in total. The molecule has 86 valence electrons. The van der Waals surface area contributed by atoms with Gasteiger partial charge in [0.05, 0.1) is 0 Å². The zero-order valence-corrected chi connectivity index (χ0v) is 9.71. The molecule has 0 spiro atoms. The minimum Gasteiger partial charge on any atom is -0.383 e. The summed E-state index contributed by atoms with van der Waals surface area (Å²) in [5.41, 5.74) is 8.53. The highest BCUT2D eigenvalue weighted by Crippen LogP contribution is 2.32. The lowest BCUT2D eigenvalue weighted by Crippen LogP contribution is -2.09. The Morgan fingerprint density at radius 3 is 2.69 bits per heavy atom. The van der Waals surface area contributed by atoms with Gasteiger partial charge in [0, 0.05) is 17.7 Å². The molecule has 0 aromatic carbocycles. The predicted molar refractivity (Wildman–Crippen MR) is 64.1 cm³/mol. The molecule has 0 atom stereocenters. The second-order valence-corrected chi connectivity index (χ2v) is 5.16. The summed E-state index contributed by atoms with van der Waals surface area (Å²) in [6.45, 7) is 0. The van der Waals surface area contributed by atoms with Gasteiger partial charge in [0.15, 0.2) is 0 Å². The summed E-state index contributed by atoms with van der Waals surface area (Å²) in [4.78, 5) is 9.20. The molecule has 1 saturated carbocycles. The Morgan fingerprint density at radius 1 is 1.06 bits per heavy atom. The number of fused-ring (bicyclic) bond motifs is 1. The van der Waals surface area contributed by atoms with Crippen molar-refractivity contribution in [1.82, 2.24) is 9.97 Å². The third-order valence-electron chi connectivity index (χ3n) is 3.68. The Hall–Kier alpha value is -1.12. The molecule has 0 radical (unpaired) electrons. The molecule has 0 bridgehead atoms. The molecule has 1 aromatic rings. The maximum Gasteiger partial charge on any atom is 0.131 e. The first-order valence-corrected chi connectivity index (χ1v) is 6.47. The number of nitrogen functional groups attached to an aromatic ring is 1. The van der Waals surface area contributed by atoms with Crippen molar-refractivity contribution >= 4 is 5.82 Å². The Bertz CT molecular complexity index is 396. The van der Waals surface area contributed by atoms with Gasteiger partial charge in [0.1, 0.15) is 11.6 Å². The van der Waals surface area contributed by atoms with Crippen LogP contribution in [0.2, 0.25) is 0 Å². The Kier molecular flexibility index (Phi) is 2.54. The van der Waals surface area contributed by atoms with Gasteiger partial charge in [0.25, 0.3) is 0 Å². The summed E-state index contributed by atoms with van der Waals surface area (Å²) in [5.74, 6) is 2.58. The van der Waals surface area contributed by atoms with Crippen LogP contribution in [0.15, 0.2) is 0 Å². The quantitative estimate of drug-likeness (QED) is 0.773. The lowest BCUT2D eigenvalue weighted by Gasteiger charge is -2.09. The summed E-state index contributed by atoms with van der Waals surface area (Å²) in [6.07, 6.45) is 9.70. The summed E-state index contributed by atoms with van der Waals surface area (Å²) in [7, 11) is 0. The van der Waals surface area contributed by atoms with E-state index in [2.05, 4.69) is 4.98 Å². The number of aryl methyl sites for hydroxylation is 1. The molecule has 0 amide bonds. The van der Waals surface area contributed by atoms with E-state index in [1.165, 1.54) is 43.4 Å². The van der Waals surface area contributed by atoms with Crippen LogP contribution in [0, 0.1) is 5.92 Å². The van der Waals surface area contributed by atoms with Crippen molar-refractivity contribution < 1.29 is 0 Å². The van der Waals surface area contributed by atoms with E-state index in [-0.39, 0.29) is 0 Å². The monoisotopic (exact) mass is 217 g/mol. The smallest absolute Gasteiger partial charge is 0.131 e. The molecular weight excluding hydrogens is 198 g/mol. The van der Waals surface area contributed by atoms with Crippen molar-refractivity contribution in [3.05, 3.63) is 17.1 Å². The predicted octanol–water partition coefficient (Wildman–Crippen LogP) is 2.28. The fourth-order valence-electron chi connectivity index (χ4n) is 2.52. The normalized spacial score (nSPS) is 20.2. The summed E-state index contributed by atoms with van der Waals surface area (Å²) in [5, 5.41) is 0. The number of anilines is 1. The summed E-state index contributed by atoms with van der Waals surface area (Å²) < 4.78 is 0. The number of hydrogen-bond acceptors (Lipinski definition) is 3. The molecule has 3 heteroatoms. The van der Waals surface area contributed by atoms with E-state index < -0.39 is 0 Å². The average molecular weight is 217 g/mol. The Balaban J connectivity index is 1.91. The van der Waals surface area contributed by atoms with Crippen molar-refractivity contribution in [2.24, 2.45) is 5.92 Å². The average Bonchev–Trinajstić information content (AvgIpc) is 3.04. The first kappa shape index (κ1) is 10.1. The van der Waals surface area contributed by atoms with Gasteiger partial charge in [-0.15, -0.1) is 0 Å². The van der Waals surface area contributed by atoms with Gasteiger partial charge in [0.2, 0.25) is 0 Å². The van der Waals surface area contributed by atoms with E-state index in [9.17, 15) is 0 Å². The van der Waals surface area contributed by atoms with E-state index in [1.807, 2.05) is 0 Å². The first-order valence-electron chi connectivity index (χ1n) is 6.47. The topological polar surface area (TPSA) is 51.8 Å². The van der Waals surface area contributed by atoms with Crippen LogP contribution in [-0.2, 0) is 19.3 Å². The zero-order chi connectivity index (χ0) is 11.0. The van der Waals surface area contributed by atoms with Crippen LogP contribution in [-0.4, -0.2) is 9.97 Å². The van der Waals surface area contributed by atoms with Crippen molar-refractivity contribution in [2.45, 2.75) is 51.4 Å². The van der Waals surface area contributed by atoms with Crippen LogP contribution < -0.4 is 5.73 Å². The van der Waals surface area contributed by atoms with E-state index in [4.69, 9.17) is 10.7 Å². The van der Waals surface area contributed by atoms with Gasteiger partial charge >= 0.3 is 0 Å². The third kappa shape index (κ3) is 2.04. The highest BCUT2D eigenvalue weighted by Gasteiger charge is 2.24. The molecule has 16 heavy (non-hydrogen) atoms. The molecule has 0 saturated heterocycles. The maximum absolute atomic E-state index is 6.06. The van der Waals surface area contributed by atoms with E-state index in [0.717, 1.165) is 36.8 Å². The first-order chi connectivity index (χ1) is 7.83. The Morgan fingerprint density at radius 2 is 1.88 bits per heavy atom. The molecule has 1 heterocycles. The van der Waals surface area contributed by atoms with Gasteiger partial charge < -0.3 is 5.73 Å². The van der Waals surface area contributed by atoms with Crippen LogP contribution in [0.5, 0.6) is 0 Å². The third-order valence-corrected chi connectivity index (χ3v) is 3.68. The lowest BCUT2D eigenvalue weighted by molar-refractivity contribution is 0.706.